The fraction of sp³-hybridized carbons (Fsp3) is 0.625. The number of hydrogen-bond donors (Lipinski definition) is 1. The molecule has 2 unspecified atom stereocenters. The first-order valence-electron chi connectivity index (χ1n) is 7.07. The van der Waals surface area contributed by atoms with Gasteiger partial charge >= 0.3 is 0 Å². The van der Waals surface area contributed by atoms with E-state index in [2.05, 4.69) is 50.9 Å². The Morgan fingerprint density at radius 1 is 1.33 bits per heavy atom. The van der Waals surface area contributed by atoms with Crippen molar-refractivity contribution in [3.63, 3.8) is 0 Å². The topological polar surface area (TPSA) is 29.3 Å². The van der Waals surface area contributed by atoms with Crippen LogP contribution in [-0.2, 0) is 6.42 Å². The van der Waals surface area contributed by atoms with Gasteiger partial charge in [-0.25, -0.2) is 0 Å². The number of benzene rings is 1. The number of anilines is 1. The quantitative estimate of drug-likeness (QED) is 0.865. The lowest BCUT2D eigenvalue weighted by molar-refractivity contribution is 0.608. The summed E-state index contributed by atoms with van der Waals surface area (Å²) >= 11 is 0. The van der Waals surface area contributed by atoms with Crippen LogP contribution in [-0.4, -0.2) is 19.1 Å². The molecule has 2 heteroatoms. The number of nitrogens with zero attached hydrogens (tertiary/aromatic N) is 1. The number of aryl methyl sites for hydroxylation is 1. The zero-order chi connectivity index (χ0) is 13.3. The van der Waals surface area contributed by atoms with Crippen molar-refractivity contribution in [2.45, 2.75) is 52.1 Å². The average molecular weight is 246 g/mol. The van der Waals surface area contributed by atoms with Crippen LogP contribution in [0.1, 0.15) is 37.8 Å². The van der Waals surface area contributed by atoms with Crippen LogP contribution in [0, 0.1) is 12.8 Å². The van der Waals surface area contributed by atoms with Gasteiger partial charge in [-0.2, -0.15) is 0 Å². The summed E-state index contributed by atoms with van der Waals surface area (Å²) < 4.78 is 0. The van der Waals surface area contributed by atoms with E-state index in [1.807, 2.05) is 0 Å². The van der Waals surface area contributed by atoms with Crippen LogP contribution in [0.4, 0.5) is 5.69 Å². The summed E-state index contributed by atoms with van der Waals surface area (Å²) in [6, 6.07) is 7.66. The van der Waals surface area contributed by atoms with Gasteiger partial charge in [0.05, 0.1) is 0 Å². The second-order valence-corrected chi connectivity index (χ2v) is 5.99. The maximum absolute atomic E-state index is 5.86. The molecule has 1 aromatic rings. The van der Waals surface area contributed by atoms with Crippen LogP contribution in [0.25, 0.3) is 0 Å². The molecule has 0 bridgehead atoms. The molecule has 0 spiro atoms. The van der Waals surface area contributed by atoms with E-state index in [9.17, 15) is 0 Å². The third-order valence-electron chi connectivity index (χ3n) is 4.11. The van der Waals surface area contributed by atoms with Crippen molar-refractivity contribution in [2.75, 3.05) is 11.9 Å². The zero-order valence-corrected chi connectivity index (χ0v) is 12.1. The molecule has 1 aromatic carbocycles. The standard InChI is InChI=1S/C16H26N2/c1-11-9-14(10-12(2)17)5-8-16(11)18(4)13(3)15-6-7-15/h5,8-9,12-13,15H,6-7,10,17H2,1-4H3. The van der Waals surface area contributed by atoms with Gasteiger partial charge in [-0.1, -0.05) is 12.1 Å². The van der Waals surface area contributed by atoms with Crippen LogP contribution in [0.5, 0.6) is 0 Å². The predicted molar refractivity (Wildman–Crippen MR) is 79.1 cm³/mol. The van der Waals surface area contributed by atoms with Crippen LogP contribution < -0.4 is 10.6 Å². The Kier molecular flexibility index (Phi) is 3.96. The lowest BCUT2D eigenvalue weighted by Gasteiger charge is -2.29. The van der Waals surface area contributed by atoms with Gasteiger partial charge in [0.2, 0.25) is 0 Å². The van der Waals surface area contributed by atoms with Gasteiger partial charge in [0.1, 0.15) is 0 Å². The number of rotatable bonds is 5. The molecule has 1 saturated carbocycles. The van der Waals surface area contributed by atoms with E-state index < -0.39 is 0 Å². The van der Waals surface area contributed by atoms with Crippen LogP contribution in [0.3, 0.4) is 0 Å². The summed E-state index contributed by atoms with van der Waals surface area (Å²) in [4.78, 5) is 2.43. The monoisotopic (exact) mass is 246 g/mol. The van der Waals surface area contributed by atoms with Gasteiger partial charge in [-0.05, 0) is 63.1 Å². The third kappa shape index (κ3) is 3.05. The Bertz CT molecular complexity index is 408. The van der Waals surface area contributed by atoms with Gasteiger partial charge < -0.3 is 10.6 Å². The predicted octanol–water partition coefficient (Wildman–Crippen LogP) is 3.12. The van der Waals surface area contributed by atoms with Crippen molar-refractivity contribution in [1.82, 2.24) is 0 Å². The number of hydrogen-bond acceptors (Lipinski definition) is 2. The molecule has 0 saturated heterocycles. The van der Waals surface area contributed by atoms with E-state index in [1.165, 1.54) is 29.7 Å². The van der Waals surface area contributed by atoms with Crippen molar-refractivity contribution >= 4 is 5.69 Å². The zero-order valence-electron chi connectivity index (χ0n) is 12.1. The largest absolute Gasteiger partial charge is 0.371 e. The second kappa shape index (κ2) is 5.31. The SMILES string of the molecule is Cc1cc(CC(C)N)ccc1N(C)C(C)C1CC1. The molecule has 2 nitrogen and oxygen atoms in total. The van der Waals surface area contributed by atoms with Crippen molar-refractivity contribution < 1.29 is 0 Å². The summed E-state index contributed by atoms with van der Waals surface area (Å²) in [6.45, 7) is 6.60. The van der Waals surface area contributed by atoms with Gasteiger partial charge in [0.25, 0.3) is 0 Å². The summed E-state index contributed by atoms with van der Waals surface area (Å²) in [5.74, 6) is 0.901. The Hall–Kier alpha value is -1.02. The summed E-state index contributed by atoms with van der Waals surface area (Å²) in [7, 11) is 2.22. The first-order valence-corrected chi connectivity index (χ1v) is 7.07. The van der Waals surface area contributed by atoms with Gasteiger partial charge in [-0.15, -0.1) is 0 Å². The average Bonchev–Trinajstić information content (AvgIpc) is 3.10. The molecule has 2 N–H and O–H groups in total. The highest BCUT2D eigenvalue weighted by Crippen LogP contribution is 2.37. The highest BCUT2D eigenvalue weighted by atomic mass is 15.1. The van der Waals surface area contributed by atoms with E-state index in [0.717, 1.165) is 12.3 Å². The molecule has 1 aliphatic carbocycles. The summed E-state index contributed by atoms with van der Waals surface area (Å²) in [6.07, 6.45) is 3.75. The van der Waals surface area contributed by atoms with E-state index in [1.54, 1.807) is 0 Å². The van der Waals surface area contributed by atoms with Crippen molar-refractivity contribution in [2.24, 2.45) is 11.7 Å². The molecule has 0 aliphatic heterocycles. The Morgan fingerprint density at radius 3 is 2.50 bits per heavy atom. The Balaban J connectivity index is 2.13. The maximum atomic E-state index is 5.86. The molecule has 0 heterocycles. The number of nitrogens with two attached hydrogens (primary N) is 1. The normalized spacial score (nSPS) is 18.5. The molecule has 2 rings (SSSR count). The minimum absolute atomic E-state index is 0.235. The minimum atomic E-state index is 0.235. The van der Waals surface area contributed by atoms with E-state index >= 15 is 0 Å². The first-order chi connectivity index (χ1) is 8.49. The minimum Gasteiger partial charge on any atom is -0.371 e. The Labute approximate surface area is 111 Å². The van der Waals surface area contributed by atoms with E-state index in [4.69, 9.17) is 5.73 Å². The van der Waals surface area contributed by atoms with Crippen molar-refractivity contribution in [3.8, 4) is 0 Å². The van der Waals surface area contributed by atoms with Gasteiger partial charge in [-0.3, -0.25) is 0 Å². The smallest absolute Gasteiger partial charge is 0.0396 e. The fourth-order valence-corrected chi connectivity index (χ4v) is 2.73. The fourth-order valence-electron chi connectivity index (χ4n) is 2.73. The van der Waals surface area contributed by atoms with Crippen molar-refractivity contribution in [3.05, 3.63) is 29.3 Å². The molecule has 100 valence electrons. The van der Waals surface area contributed by atoms with Gasteiger partial charge in [0, 0.05) is 24.8 Å². The molecular weight excluding hydrogens is 220 g/mol. The maximum Gasteiger partial charge on any atom is 0.0396 e. The lowest BCUT2D eigenvalue weighted by Crippen LogP contribution is -2.31. The highest BCUT2D eigenvalue weighted by Gasteiger charge is 2.30. The first kappa shape index (κ1) is 13.4. The summed E-state index contributed by atoms with van der Waals surface area (Å²) in [5.41, 5.74) is 9.93. The molecule has 18 heavy (non-hydrogen) atoms. The molecule has 1 aliphatic rings. The summed E-state index contributed by atoms with van der Waals surface area (Å²) in [5, 5.41) is 0. The third-order valence-corrected chi connectivity index (χ3v) is 4.11. The molecule has 0 radical (unpaired) electrons. The highest BCUT2D eigenvalue weighted by molar-refractivity contribution is 5.55. The van der Waals surface area contributed by atoms with Crippen LogP contribution in [0.15, 0.2) is 18.2 Å². The molecular formula is C16H26N2. The Morgan fingerprint density at radius 2 is 2.00 bits per heavy atom. The molecule has 0 amide bonds. The van der Waals surface area contributed by atoms with Crippen LogP contribution >= 0.6 is 0 Å². The lowest BCUT2D eigenvalue weighted by atomic mass is 10.0. The van der Waals surface area contributed by atoms with Crippen molar-refractivity contribution in [1.29, 1.82) is 0 Å². The molecule has 1 fully saturated rings. The second-order valence-electron chi connectivity index (χ2n) is 5.99. The molecule has 2 atom stereocenters. The van der Waals surface area contributed by atoms with E-state index in [-0.39, 0.29) is 6.04 Å². The van der Waals surface area contributed by atoms with Gasteiger partial charge in [0.15, 0.2) is 0 Å². The van der Waals surface area contributed by atoms with Crippen LogP contribution in [0.2, 0.25) is 0 Å². The van der Waals surface area contributed by atoms with E-state index in [0.29, 0.717) is 6.04 Å². The molecule has 0 aromatic heterocycles.